The topological polar surface area (TPSA) is 25.8 Å². The zero-order valence-electron chi connectivity index (χ0n) is 7.42. The van der Waals surface area contributed by atoms with Crippen molar-refractivity contribution >= 4 is 31.9 Å². The molecule has 0 saturated heterocycles. The summed E-state index contributed by atoms with van der Waals surface area (Å²) in [5, 5.41) is 0. The van der Waals surface area contributed by atoms with Gasteiger partial charge in [-0.1, -0.05) is 15.9 Å². The van der Waals surface area contributed by atoms with Gasteiger partial charge in [-0.2, -0.15) is 0 Å². The zero-order chi connectivity index (χ0) is 10.8. The van der Waals surface area contributed by atoms with Crippen LogP contribution in [0, 0.1) is 5.82 Å². The summed E-state index contributed by atoms with van der Waals surface area (Å²) in [5.74, 6) is -0.302. The van der Waals surface area contributed by atoms with Crippen LogP contribution in [0.2, 0.25) is 0 Å². The van der Waals surface area contributed by atoms with Crippen LogP contribution in [-0.2, 0) is 0 Å². The van der Waals surface area contributed by atoms with Crippen LogP contribution in [0.15, 0.2) is 39.7 Å². The summed E-state index contributed by atoms with van der Waals surface area (Å²) in [4.78, 5) is 7.98. The van der Waals surface area contributed by atoms with Gasteiger partial charge >= 0.3 is 0 Å². The molecule has 0 fully saturated rings. The third kappa shape index (κ3) is 2.41. The third-order valence-corrected chi connectivity index (χ3v) is 2.71. The van der Waals surface area contributed by atoms with E-state index in [2.05, 4.69) is 41.8 Å². The normalized spacial score (nSPS) is 10.3. The summed E-state index contributed by atoms with van der Waals surface area (Å²) in [6.45, 7) is 0. The van der Waals surface area contributed by atoms with Crippen LogP contribution in [0.25, 0.3) is 11.3 Å². The molecular formula is C10H5Br2FN2. The van der Waals surface area contributed by atoms with Crippen molar-refractivity contribution in [3.05, 3.63) is 45.5 Å². The summed E-state index contributed by atoms with van der Waals surface area (Å²) in [5.41, 5.74) is 1.00. The van der Waals surface area contributed by atoms with Crippen LogP contribution >= 0.6 is 31.9 Å². The molecular weight excluding hydrogens is 327 g/mol. The van der Waals surface area contributed by atoms with Crippen molar-refractivity contribution in [1.29, 1.82) is 0 Å². The van der Waals surface area contributed by atoms with Crippen molar-refractivity contribution in [2.24, 2.45) is 0 Å². The van der Waals surface area contributed by atoms with E-state index in [-0.39, 0.29) is 5.82 Å². The highest BCUT2D eigenvalue weighted by Crippen LogP contribution is 2.24. The van der Waals surface area contributed by atoms with Crippen molar-refractivity contribution < 1.29 is 4.39 Å². The predicted octanol–water partition coefficient (Wildman–Crippen LogP) is 3.81. The standard InChI is InChI=1S/C10H5Br2FN2/c11-6-1-2-8(13)7(5-6)9-3-4-14-10(12)15-9/h1-5H. The van der Waals surface area contributed by atoms with Crippen molar-refractivity contribution in [3.63, 3.8) is 0 Å². The van der Waals surface area contributed by atoms with Gasteiger partial charge in [-0.25, -0.2) is 14.4 Å². The number of aromatic nitrogens is 2. The third-order valence-electron chi connectivity index (χ3n) is 1.83. The lowest BCUT2D eigenvalue weighted by Gasteiger charge is -2.03. The van der Waals surface area contributed by atoms with Crippen LogP contribution in [-0.4, -0.2) is 9.97 Å². The van der Waals surface area contributed by atoms with Gasteiger partial charge in [-0.3, -0.25) is 0 Å². The number of hydrogen-bond acceptors (Lipinski definition) is 2. The van der Waals surface area contributed by atoms with E-state index < -0.39 is 0 Å². The fourth-order valence-corrected chi connectivity index (χ4v) is 1.85. The summed E-state index contributed by atoms with van der Waals surface area (Å²) < 4.78 is 14.7. The van der Waals surface area contributed by atoms with Crippen LogP contribution in [0.4, 0.5) is 4.39 Å². The van der Waals surface area contributed by atoms with Gasteiger partial charge in [-0.05, 0) is 40.2 Å². The molecule has 0 saturated carbocycles. The van der Waals surface area contributed by atoms with Crippen molar-refractivity contribution in [2.75, 3.05) is 0 Å². The van der Waals surface area contributed by atoms with Crippen molar-refractivity contribution in [2.45, 2.75) is 0 Å². The largest absolute Gasteiger partial charge is 0.231 e. The van der Waals surface area contributed by atoms with Gasteiger partial charge in [-0.15, -0.1) is 0 Å². The Kier molecular flexibility index (Phi) is 3.11. The molecule has 2 aromatic rings. The van der Waals surface area contributed by atoms with Crippen molar-refractivity contribution in [3.8, 4) is 11.3 Å². The molecule has 0 bridgehead atoms. The van der Waals surface area contributed by atoms with Crippen LogP contribution in [0.3, 0.4) is 0 Å². The second kappa shape index (κ2) is 4.37. The number of benzene rings is 1. The Morgan fingerprint density at radius 2 is 1.93 bits per heavy atom. The Balaban J connectivity index is 2.58. The average molecular weight is 332 g/mol. The minimum Gasteiger partial charge on any atom is -0.231 e. The maximum atomic E-state index is 13.5. The van der Waals surface area contributed by atoms with Gasteiger partial charge in [0, 0.05) is 16.2 Å². The first kappa shape index (κ1) is 10.7. The molecule has 0 aliphatic heterocycles. The van der Waals surface area contributed by atoms with E-state index in [0.717, 1.165) is 4.47 Å². The molecule has 0 spiro atoms. The molecule has 2 nitrogen and oxygen atoms in total. The fraction of sp³-hybridized carbons (Fsp3) is 0. The van der Waals surface area contributed by atoms with Crippen LogP contribution < -0.4 is 0 Å². The molecule has 0 radical (unpaired) electrons. The highest BCUT2D eigenvalue weighted by atomic mass is 79.9. The average Bonchev–Trinajstić information content (AvgIpc) is 2.22. The first-order valence-electron chi connectivity index (χ1n) is 4.11. The summed E-state index contributed by atoms with van der Waals surface area (Å²) in [6, 6.07) is 6.39. The summed E-state index contributed by atoms with van der Waals surface area (Å²) >= 11 is 6.44. The number of hydrogen-bond donors (Lipinski definition) is 0. The molecule has 1 aromatic heterocycles. The Hall–Kier alpha value is -0.810. The van der Waals surface area contributed by atoms with Gasteiger partial charge in [0.1, 0.15) is 5.82 Å². The fourth-order valence-electron chi connectivity index (χ4n) is 1.18. The van der Waals surface area contributed by atoms with Gasteiger partial charge in [0.2, 0.25) is 0 Å². The van der Waals surface area contributed by atoms with Gasteiger partial charge in [0.05, 0.1) is 5.69 Å². The first-order valence-corrected chi connectivity index (χ1v) is 5.69. The highest BCUT2D eigenvalue weighted by molar-refractivity contribution is 9.10. The molecule has 0 aliphatic rings. The van der Waals surface area contributed by atoms with E-state index in [1.807, 2.05) is 0 Å². The van der Waals surface area contributed by atoms with E-state index in [0.29, 0.717) is 16.0 Å². The smallest absolute Gasteiger partial charge is 0.197 e. The van der Waals surface area contributed by atoms with Gasteiger partial charge in [0.15, 0.2) is 4.73 Å². The van der Waals surface area contributed by atoms with E-state index in [4.69, 9.17) is 0 Å². The Bertz CT molecular complexity index is 503. The molecule has 1 heterocycles. The first-order chi connectivity index (χ1) is 7.16. The summed E-state index contributed by atoms with van der Waals surface area (Å²) in [7, 11) is 0. The van der Waals surface area contributed by atoms with Gasteiger partial charge < -0.3 is 0 Å². The summed E-state index contributed by atoms with van der Waals surface area (Å²) in [6.07, 6.45) is 1.58. The van der Waals surface area contributed by atoms with Gasteiger partial charge in [0.25, 0.3) is 0 Å². The Labute approximate surface area is 103 Å². The lowest BCUT2D eigenvalue weighted by Crippen LogP contribution is -1.90. The quantitative estimate of drug-likeness (QED) is 0.743. The number of rotatable bonds is 1. The molecule has 0 unspecified atom stereocenters. The zero-order valence-corrected chi connectivity index (χ0v) is 10.6. The second-order valence-corrected chi connectivity index (χ2v) is 4.46. The lowest BCUT2D eigenvalue weighted by atomic mass is 10.1. The van der Waals surface area contributed by atoms with E-state index in [9.17, 15) is 4.39 Å². The minimum atomic E-state index is -0.302. The number of halogens is 3. The molecule has 0 aliphatic carbocycles. The molecule has 0 atom stereocenters. The van der Waals surface area contributed by atoms with Crippen LogP contribution in [0.5, 0.6) is 0 Å². The molecule has 2 rings (SSSR count). The number of nitrogens with zero attached hydrogens (tertiary/aromatic N) is 2. The second-order valence-electron chi connectivity index (χ2n) is 2.84. The lowest BCUT2D eigenvalue weighted by molar-refractivity contribution is 0.630. The monoisotopic (exact) mass is 330 g/mol. The molecule has 15 heavy (non-hydrogen) atoms. The Morgan fingerprint density at radius 3 is 2.67 bits per heavy atom. The molecule has 5 heteroatoms. The van der Waals surface area contributed by atoms with E-state index in [1.165, 1.54) is 6.07 Å². The van der Waals surface area contributed by atoms with E-state index in [1.54, 1.807) is 24.4 Å². The van der Waals surface area contributed by atoms with Crippen LogP contribution in [0.1, 0.15) is 0 Å². The maximum Gasteiger partial charge on any atom is 0.197 e. The van der Waals surface area contributed by atoms with E-state index >= 15 is 0 Å². The molecule has 1 aromatic carbocycles. The van der Waals surface area contributed by atoms with Crippen molar-refractivity contribution in [1.82, 2.24) is 9.97 Å². The minimum absolute atomic E-state index is 0.302. The maximum absolute atomic E-state index is 13.5. The molecule has 76 valence electrons. The highest BCUT2D eigenvalue weighted by Gasteiger charge is 2.07. The molecule has 0 N–H and O–H groups in total. The predicted molar refractivity (Wildman–Crippen MR) is 62.8 cm³/mol. The molecule has 0 amide bonds. The Morgan fingerprint density at radius 1 is 1.13 bits per heavy atom. The SMILES string of the molecule is Fc1ccc(Br)cc1-c1ccnc(Br)n1.